The van der Waals surface area contributed by atoms with Crippen molar-refractivity contribution in [2.24, 2.45) is 6.98 Å². The van der Waals surface area contributed by atoms with Crippen molar-refractivity contribution >= 4 is 51.5 Å². The lowest BCUT2D eigenvalue weighted by Gasteiger charge is -2.25. The van der Waals surface area contributed by atoms with Gasteiger partial charge in [0.25, 0.3) is 0 Å². The minimum Gasteiger partial charge on any atom is -0.386 e. The Morgan fingerprint density at radius 2 is 2.05 bits per heavy atom. The maximum atomic E-state index is 13.6. The SMILES string of the molecule is [2H]C([2H])([2H])n1c(=O)n([C@@H]2CC[C@](C)(NC(C)=O)C2)c2cc(Nc3cc(C(C)(C)O)cc(-c4ncc(Cl)s4)n3)ncc21. The number of nitrogens with zero attached hydrogens (tertiary/aromatic N) is 5. The second-order valence-corrected chi connectivity index (χ2v) is 12.1. The molecule has 0 aromatic carbocycles. The van der Waals surface area contributed by atoms with Gasteiger partial charge in [-0.3, -0.25) is 13.9 Å². The molecule has 0 bridgehead atoms. The highest BCUT2D eigenvalue weighted by Gasteiger charge is 2.38. The first-order valence-corrected chi connectivity index (χ1v) is 13.3. The number of hydrogen-bond donors (Lipinski definition) is 3. The Morgan fingerprint density at radius 3 is 2.71 bits per heavy atom. The molecule has 3 N–H and O–H groups in total. The summed E-state index contributed by atoms with van der Waals surface area (Å²) in [6, 6.07) is 4.70. The number of pyridine rings is 2. The summed E-state index contributed by atoms with van der Waals surface area (Å²) in [4.78, 5) is 38.7. The van der Waals surface area contributed by atoms with E-state index >= 15 is 0 Å². The number of hydrogen-bond acceptors (Lipinski definition) is 8. The Kier molecular flexibility index (Phi) is 5.66. The van der Waals surface area contributed by atoms with E-state index in [4.69, 9.17) is 15.7 Å². The zero-order valence-electron chi connectivity index (χ0n) is 24.4. The molecule has 2 atom stereocenters. The van der Waals surface area contributed by atoms with Gasteiger partial charge >= 0.3 is 5.69 Å². The highest BCUT2D eigenvalue weighted by atomic mass is 35.5. The van der Waals surface area contributed by atoms with Crippen LogP contribution in [0.15, 0.2) is 35.4 Å². The lowest BCUT2D eigenvalue weighted by molar-refractivity contribution is -0.120. The summed E-state index contributed by atoms with van der Waals surface area (Å²) >= 11 is 7.34. The molecule has 0 unspecified atom stereocenters. The standard InChI is InChI=1S/C26H30ClN7O3S/c1-14(35)32-26(4)7-6-16(11-26)34-18-10-21(28-12-19(18)33(5)24(34)36)31-22-9-15(25(2,3)37)8-17(30-22)23-29-13-20(27)38-23/h8-10,12-13,16,37H,6-7,11H2,1-5H3,(H,32,35)(H,28,30,31)/t16-,26+/m1/s1/i5D3. The van der Waals surface area contributed by atoms with E-state index in [0.29, 0.717) is 57.0 Å². The topological polar surface area (TPSA) is 127 Å². The largest absolute Gasteiger partial charge is 0.386 e. The van der Waals surface area contributed by atoms with Crippen LogP contribution < -0.4 is 16.3 Å². The average Bonchev–Trinajstić information content (AvgIpc) is 3.52. The fourth-order valence-corrected chi connectivity index (χ4v) is 5.94. The Labute approximate surface area is 232 Å². The number of carbonyl (C=O) groups excluding carboxylic acids is 1. The average molecular weight is 559 g/mol. The van der Waals surface area contributed by atoms with Gasteiger partial charge in [-0.25, -0.2) is 19.7 Å². The van der Waals surface area contributed by atoms with E-state index in [1.54, 1.807) is 32.0 Å². The molecule has 10 nitrogen and oxygen atoms in total. The van der Waals surface area contributed by atoms with Crippen LogP contribution in [-0.4, -0.2) is 40.6 Å². The molecule has 0 spiro atoms. The molecule has 5 rings (SSSR count). The predicted molar refractivity (Wildman–Crippen MR) is 149 cm³/mol. The van der Waals surface area contributed by atoms with Gasteiger partial charge in [-0.2, -0.15) is 0 Å². The van der Waals surface area contributed by atoms with Crippen LogP contribution in [0, 0.1) is 0 Å². The van der Waals surface area contributed by atoms with E-state index in [0.717, 1.165) is 4.57 Å². The van der Waals surface area contributed by atoms with Crippen molar-refractivity contribution in [2.45, 2.75) is 64.1 Å². The minimum atomic E-state index is -2.72. The van der Waals surface area contributed by atoms with E-state index < -0.39 is 23.8 Å². The van der Waals surface area contributed by atoms with Crippen LogP contribution in [0.3, 0.4) is 0 Å². The van der Waals surface area contributed by atoms with Crippen molar-refractivity contribution in [3.05, 3.63) is 51.0 Å². The van der Waals surface area contributed by atoms with E-state index in [2.05, 4.69) is 25.6 Å². The zero-order valence-corrected chi connectivity index (χ0v) is 22.9. The molecule has 1 fully saturated rings. The number of thiazole rings is 1. The second-order valence-electron chi connectivity index (χ2n) is 10.5. The molecular weight excluding hydrogens is 526 g/mol. The molecule has 0 aliphatic heterocycles. The first-order valence-electron chi connectivity index (χ1n) is 13.6. The van der Waals surface area contributed by atoms with E-state index in [1.807, 2.05) is 6.92 Å². The van der Waals surface area contributed by atoms with Crippen LogP contribution >= 0.6 is 22.9 Å². The Hall–Kier alpha value is -3.28. The van der Waals surface area contributed by atoms with Crippen LogP contribution in [0.4, 0.5) is 11.6 Å². The quantitative estimate of drug-likeness (QED) is 0.318. The summed E-state index contributed by atoms with van der Waals surface area (Å²) in [5.41, 5.74) is -0.732. The second kappa shape index (κ2) is 9.48. The van der Waals surface area contributed by atoms with Crippen molar-refractivity contribution in [3.8, 4) is 10.7 Å². The third-order valence-electron chi connectivity index (χ3n) is 6.80. The number of aliphatic hydroxyl groups is 1. The van der Waals surface area contributed by atoms with Crippen LogP contribution in [-0.2, 0) is 17.4 Å². The zero-order chi connectivity index (χ0) is 29.9. The monoisotopic (exact) mass is 558 g/mol. The lowest BCUT2D eigenvalue weighted by atomic mass is 9.98. The normalized spacial score (nSPS) is 21.2. The lowest BCUT2D eigenvalue weighted by Crippen LogP contribution is -2.43. The van der Waals surface area contributed by atoms with Gasteiger partial charge in [-0.1, -0.05) is 11.6 Å². The van der Waals surface area contributed by atoms with E-state index in [9.17, 15) is 14.7 Å². The van der Waals surface area contributed by atoms with Crippen molar-refractivity contribution in [1.29, 1.82) is 0 Å². The number of fused-ring (bicyclic) bond motifs is 1. The van der Waals surface area contributed by atoms with Gasteiger partial charge in [0.2, 0.25) is 5.91 Å². The van der Waals surface area contributed by atoms with Gasteiger partial charge in [0.15, 0.2) is 0 Å². The molecule has 0 radical (unpaired) electrons. The molecule has 1 amide bonds. The predicted octanol–water partition coefficient (Wildman–Crippen LogP) is 4.50. The molecule has 4 heterocycles. The molecule has 4 aromatic rings. The Morgan fingerprint density at radius 1 is 1.26 bits per heavy atom. The maximum Gasteiger partial charge on any atom is 0.329 e. The van der Waals surface area contributed by atoms with Gasteiger partial charge < -0.3 is 15.7 Å². The fraction of sp³-hybridized carbons (Fsp3) is 0.423. The molecule has 1 aliphatic rings. The van der Waals surface area contributed by atoms with Crippen molar-refractivity contribution in [1.82, 2.24) is 29.4 Å². The summed E-state index contributed by atoms with van der Waals surface area (Å²) in [6.45, 7) is 3.96. The van der Waals surface area contributed by atoms with Crippen LogP contribution in [0.2, 0.25) is 4.34 Å². The number of imidazole rings is 1. The molecule has 1 saturated carbocycles. The smallest absolute Gasteiger partial charge is 0.329 e. The molecular formula is C26H30ClN7O3S. The molecule has 38 heavy (non-hydrogen) atoms. The van der Waals surface area contributed by atoms with Gasteiger partial charge in [-0.05, 0) is 57.7 Å². The minimum absolute atomic E-state index is 0.165. The van der Waals surface area contributed by atoms with Crippen LogP contribution in [0.1, 0.15) is 62.7 Å². The first-order chi connectivity index (χ1) is 19.0. The summed E-state index contributed by atoms with van der Waals surface area (Å²) in [5, 5.41) is 17.4. The highest BCUT2D eigenvalue weighted by Crippen LogP contribution is 2.39. The van der Waals surface area contributed by atoms with Gasteiger partial charge in [0.05, 0.1) is 29.0 Å². The number of aryl methyl sites for hydroxylation is 1. The number of anilines is 2. The maximum absolute atomic E-state index is 13.6. The van der Waals surface area contributed by atoms with Crippen molar-refractivity contribution in [3.63, 3.8) is 0 Å². The van der Waals surface area contributed by atoms with Gasteiger partial charge in [-0.15, -0.1) is 11.3 Å². The Balaban J connectivity index is 1.60. The van der Waals surface area contributed by atoms with E-state index in [-0.39, 0.29) is 17.5 Å². The van der Waals surface area contributed by atoms with Crippen molar-refractivity contribution < 1.29 is 14.0 Å². The number of rotatable bonds is 6. The number of nitrogens with one attached hydrogen (secondary N) is 2. The van der Waals surface area contributed by atoms with Crippen molar-refractivity contribution in [2.75, 3.05) is 5.32 Å². The highest BCUT2D eigenvalue weighted by molar-refractivity contribution is 7.18. The molecule has 4 aromatic heterocycles. The summed E-state index contributed by atoms with van der Waals surface area (Å²) < 4.78 is 26.8. The summed E-state index contributed by atoms with van der Waals surface area (Å²) in [5.74, 6) is 0.516. The molecule has 0 saturated heterocycles. The fourth-order valence-electron chi connectivity index (χ4n) is 5.07. The summed E-state index contributed by atoms with van der Waals surface area (Å²) in [7, 11) is 0. The first kappa shape index (κ1) is 22.7. The molecule has 200 valence electrons. The molecule has 12 heteroatoms. The van der Waals surface area contributed by atoms with Crippen LogP contribution in [0.5, 0.6) is 0 Å². The number of aromatic nitrogens is 5. The number of amides is 1. The third kappa shape index (κ3) is 5.05. The molecule has 1 aliphatic carbocycles. The third-order valence-corrected chi connectivity index (χ3v) is 7.94. The number of halogens is 1. The summed E-state index contributed by atoms with van der Waals surface area (Å²) in [6.07, 6.45) is 4.56. The van der Waals surface area contributed by atoms with Gasteiger partial charge in [0, 0.05) is 35.7 Å². The van der Waals surface area contributed by atoms with E-state index in [1.165, 1.54) is 35.2 Å². The number of carbonyl (C=O) groups is 1. The Bertz CT molecular complexity index is 1710. The van der Waals surface area contributed by atoms with Gasteiger partial charge in [0.1, 0.15) is 26.7 Å². The van der Waals surface area contributed by atoms with Crippen LogP contribution in [0.25, 0.3) is 21.7 Å².